The standard InChI is InChI=1S/C15H25ClN2/c1-5-11(3)18(4)15(14(17)6-2)12-7-9-13(16)10-8-12/h7-11,14-15H,5-6,17H2,1-4H3. The maximum Gasteiger partial charge on any atom is 0.0498 e. The van der Waals surface area contributed by atoms with Gasteiger partial charge in [-0.05, 0) is 44.5 Å². The zero-order valence-electron chi connectivity index (χ0n) is 11.9. The van der Waals surface area contributed by atoms with Gasteiger partial charge >= 0.3 is 0 Å². The molecule has 0 aliphatic heterocycles. The van der Waals surface area contributed by atoms with Gasteiger partial charge in [-0.2, -0.15) is 0 Å². The minimum absolute atomic E-state index is 0.144. The number of halogens is 1. The maximum atomic E-state index is 6.31. The summed E-state index contributed by atoms with van der Waals surface area (Å²) in [6, 6.07) is 8.96. The second kappa shape index (κ2) is 7.13. The van der Waals surface area contributed by atoms with Crippen LogP contribution in [0, 0.1) is 0 Å². The van der Waals surface area contributed by atoms with Crippen molar-refractivity contribution in [1.82, 2.24) is 4.90 Å². The summed E-state index contributed by atoms with van der Waals surface area (Å²) < 4.78 is 0. The van der Waals surface area contributed by atoms with Crippen LogP contribution < -0.4 is 5.73 Å². The molecule has 0 bridgehead atoms. The fourth-order valence-corrected chi connectivity index (χ4v) is 2.36. The highest BCUT2D eigenvalue weighted by Gasteiger charge is 2.25. The van der Waals surface area contributed by atoms with Gasteiger partial charge in [0.15, 0.2) is 0 Å². The highest BCUT2D eigenvalue weighted by molar-refractivity contribution is 6.30. The molecule has 0 amide bonds. The average molecular weight is 269 g/mol. The number of likely N-dealkylation sites (N-methyl/N-ethyl adjacent to an activating group) is 1. The number of rotatable bonds is 6. The number of nitrogens with zero attached hydrogens (tertiary/aromatic N) is 1. The summed E-state index contributed by atoms with van der Waals surface area (Å²) in [5, 5.41) is 0.772. The molecule has 0 radical (unpaired) electrons. The predicted octanol–water partition coefficient (Wildman–Crippen LogP) is 3.85. The second-order valence-corrected chi connectivity index (χ2v) is 5.43. The molecular formula is C15H25ClN2. The highest BCUT2D eigenvalue weighted by atomic mass is 35.5. The van der Waals surface area contributed by atoms with E-state index in [1.165, 1.54) is 5.56 Å². The van der Waals surface area contributed by atoms with Crippen LogP contribution in [0.25, 0.3) is 0 Å². The van der Waals surface area contributed by atoms with E-state index < -0.39 is 0 Å². The highest BCUT2D eigenvalue weighted by Crippen LogP contribution is 2.27. The molecule has 0 aliphatic rings. The Labute approximate surface area is 116 Å². The Morgan fingerprint density at radius 1 is 1.17 bits per heavy atom. The normalized spacial score (nSPS) is 16.6. The molecule has 18 heavy (non-hydrogen) atoms. The van der Waals surface area contributed by atoms with Gasteiger partial charge in [-0.3, -0.25) is 4.90 Å². The summed E-state index contributed by atoms with van der Waals surface area (Å²) in [7, 11) is 2.16. The Kier molecular flexibility index (Phi) is 6.13. The molecule has 102 valence electrons. The van der Waals surface area contributed by atoms with Gasteiger partial charge in [0.2, 0.25) is 0 Å². The molecule has 0 aromatic heterocycles. The van der Waals surface area contributed by atoms with Gasteiger partial charge in [-0.1, -0.05) is 37.6 Å². The molecular weight excluding hydrogens is 244 g/mol. The van der Waals surface area contributed by atoms with Crippen molar-refractivity contribution in [1.29, 1.82) is 0 Å². The van der Waals surface area contributed by atoms with Crippen molar-refractivity contribution < 1.29 is 0 Å². The SMILES string of the molecule is CCC(N)C(c1ccc(Cl)cc1)N(C)C(C)CC. The predicted molar refractivity (Wildman–Crippen MR) is 80.0 cm³/mol. The molecule has 2 N–H and O–H groups in total. The van der Waals surface area contributed by atoms with Crippen molar-refractivity contribution >= 4 is 11.6 Å². The van der Waals surface area contributed by atoms with Gasteiger partial charge in [0.05, 0.1) is 0 Å². The zero-order valence-corrected chi connectivity index (χ0v) is 12.6. The third-order valence-corrected chi connectivity index (χ3v) is 4.07. The van der Waals surface area contributed by atoms with Gasteiger partial charge in [0.1, 0.15) is 0 Å². The number of hydrogen-bond donors (Lipinski definition) is 1. The van der Waals surface area contributed by atoms with Crippen LogP contribution in [0.3, 0.4) is 0 Å². The van der Waals surface area contributed by atoms with Gasteiger partial charge in [-0.25, -0.2) is 0 Å². The second-order valence-electron chi connectivity index (χ2n) is 4.99. The third-order valence-electron chi connectivity index (χ3n) is 3.81. The minimum Gasteiger partial charge on any atom is -0.326 e. The van der Waals surface area contributed by atoms with Crippen molar-refractivity contribution in [2.75, 3.05) is 7.05 Å². The van der Waals surface area contributed by atoms with E-state index in [-0.39, 0.29) is 12.1 Å². The summed E-state index contributed by atoms with van der Waals surface area (Å²) in [5.74, 6) is 0. The lowest BCUT2D eigenvalue weighted by atomic mass is 9.95. The van der Waals surface area contributed by atoms with E-state index in [2.05, 4.69) is 44.9 Å². The Morgan fingerprint density at radius 2 is 1.72 bits per heavy atom. The van der Waals surface area contributed by atoms with Gasteiger partial charge in [-0.15, -0.1) is 0 Å². The van der Waals surface area contributed by atoms with E-state index in [9.17, 15) is 0 Å². The molecule has 0 heterocycles. The Bertz CT molecular complexity index is 350. The number of hydrogen-bond acceptors (Lipinski definition) is 2. The molecule has 0 fully saturated rings. The van der Waals surface area contributed by atoms with Crippen LogP contribution in [0.5, 0.6) is 0 Å². The first-order valence-electron chi connectivity index (χ1n) is 6.74. The Balaban J connectivity index is 3.01. The Hall–Kier alpha value is -0.570. The van der Waals surface area contributed by atoms with Crippen molar-refractivity contribution in [3.8, 4) is 0 Å². The van der Waals surface area contributed by atoms with Crippen LogP contribution in [-0.4, -0.2) is 24.0 Å². The third kappa shape index (κ3) is 3.71. The van der Waals surface area contributed by atoms with Crippen molar-refractivity contribution in [2.24, 2.45) is 5.73 Å². The number of benzene rings is 1. The molecule has 0 spiro atoms. The van der Waals surface area contributed by atoms with E-state index >= 15 is 0 Å². The van der Waals surface area contributed by atoms with E-state index in [1.54, 1.807) is 0 Å². The van der Waals surface area contributed by atoms with Crippen molar-refractivity contribution in [2.45, 2.75) is 51.7 Å². The summed E-state index contributed by atoms with van der Waals surface area (Å²) >= 11 is 5.95. The molecule has 0 saturated carbocycles. The van der Waals surface area contributed by atoms with Crippen LogP contribution in [0.1, 0.15) is 45.2 Å². The molecule has 3 atom stereocenters. The first-order chi connectivity index (χ1) is 8.51. The lowest BCUT2D eigenvalue weighted by Crippen LogP contribution is -2.42. The summed E-state index contributed by atoms with van der Waals surface area (Å²) in [4.78, 5) is 2.37. The van der Waals surface area contributed by atoms with Crippen LogP contribution in [0.4, 0.5) is 0 Å². The van der Waals surface area contributed by atoms with Crippen LogP contribution in [-0.2, 0) is 0 Å². The number of nitrogens with two attached hydrogens (primary N) is 1. The first-order valence-corrected chi connectivity index (χ1v) is 7.12. The van der Waals surface area contributed by atoms with Crippen molar-refractivity contribution in [3.05, 3.63) is 34.9 Å². The van der Waals surface area contributed by atoms with Gasteiger partial charge in [0, 0.05) is 23.1 Å². The van der Waals surface area contributed by atoms with Crippen LogP contribution >= 0.6 is 11.6 Å². The van der Waals surface area contributed by atoms with E-state index in [0.717, 1.165) is 17.9 Å². The van der Waals surface area contributed by atoms with E-state index in [0.29, 0.717) is 6.04 Å². The quantitative estimate of drug-likeness (QED) is 0.849. The topological polar surface area (TPSA) is 29.3 Å². The molecule has 3 unspecified atom stereocenters. The first kappa shape index (κ1) is 15.5. The van der Waals surface area contributed by atoms with Crippen LogP contribution in [0.15, 0.2) is 24.3 Å². The maximum absolute atomic E-state index is 6.31. The molecule has 0 aliphatic carbocycles. The molecule has 0 saturated heterocycles. The molecule has 1 aromatic carbocycles. The van der Waals surface area contributed by atoms with Gasteiger partial charge < -0.3 is 5.73 Å². The molecule has 3 heteroatoms. The lowest BCUT2D eigenvalue weighted by Gasteiger charge is -2.36. The fourth-order valence-electron chi connectivity index (χ4n) is 2.23. The monoisotopic (exact) mass is 268 g/mol. The van der Waals surface area contributed by atoms with Crippen molar-refractivity contribution in [3.63, 3.8) is 0 Å². The summed E-state index contributed by atoms with van der Waals surface area (Å²) in [6.45, 7) is 6.58. The van der Waals surface area contributed by atoms with E-state index in [4.69, 9.17) is 17.3 Å². The smallest absolute Gasteiger partial charge is 0.0498 e. The fraction of sp³-hybridized carbons (Fsp3) is 0.600. The summed E-state index contributed by atoms with van der Waals surface area (Å²) in [5.41, 5.74) is 7.55. The molecule has 1 aromatic rings. The Morgan fingerprint density at radius 3 is 2.17 bits per heavy atom. The van der Waals surface area contributed by atoms with Gasteiger partial charge in [0.25, 0.3) is 0 Å². The molecule has 1 rings (SSSR count). The van der Waals surface area contributed by atoms with E-state index in [1.807, 2.05) is 12.1 Å². The zero-order chi connectivity index (χ0) is 13.7. The minimum atomic E-state index is 0.144. The summed E-state index contributed by atoms with van der Waals surface area (Å²) in [6.07, 6.45) is 2.09. The lowest BCUT2D eigenvalue weighted by molar-refractivity contribution is 0.155. The van der Waals surface area contributed by atoms with Crippen LogP contribution in [0.2, 0.25) is 5.02 Å². The largest absolute Gasteiger partial charge is 0.326 e. The molecule has 2 nitrogen and oxygen atoms in total. The average Bonchev–Trinajstić information content (AvgIpc) is 2.39.